The molecule has 0 fully saturated rings. The first-order valence-electron chi connectivity index (χ1n) is 14.7. The molecule has 2 aromatic heterocycles. The van der Waals surface area contributed by atoms with Crippen LogP contribution in [-0.2, 0) is 0 Å². The smallest absolute Gasteiger partial charge is 0.152 e. The largest absolute Gasteiger partial charge is 0.453 e. The number of ether oxygens (including phenoxy) is 1. The average Bonchev–Trinajstić information content (AvgIpc) is 3.59. The van der Waals surface area contributed by atoms with Crippen molar-refractivity contribution in [2.45, 2.75) is 0 Å². The second-order valence-electron chi connectivity index (χ2n) is 11.3. The molecule has 3 nitrogen and oxygen atoms in total. The van der Waals surface area contributed by atoms with E-state index < -0.39 is 0 Å². The molecular weight excluding hydrogens is 524 g/mol. The molecule has 3 heterocycles. The molecule has 7 aromatic carbocycles. The molecule has 0 aliphatic carbocycles. The van der Waals surface area contributed by atoms with Gasteiger partial charge in [0.05, 0.1) is 33.4 Å². The molecule has 0 saturated heterocycles. The SMILES string of the molecule is c1ccc2c(c1)Oc1cccc3c4cccc(-c5ccc(-n6c7ccccc7c7ccccc76)c6ccccc56)c4n-2c13. The Morgan fingerprint density at radius 2 is 0.907 bits per heavy atom. The van der Waals surface area contributed by atoms with E-state index in [4.69, 9.17) is 4.74 Å². The first-order valence-corrected chi connectivity index (χ1v) is 14.7. The molecule has 3 heteroatoms. The van der Waals surface area contributed by atoms with Crippen molar-refractivity contribution < 1.29 is 4.74 Å². The summed E-state index contributed by atoms with van der Waals surface area (Å²) in [6.07, 6.45) is 0. The van der Waals surface area contributed by atoms with Gasteiger partial charge in [-0.05, 0) is 47.3 Å². The van der Waals surface area contributed by atoms with Gasteiger partial charge in [-0.3, -0.25) is 0 Å². The number of para-hydroxylation sites is 6. The third-order valence-electron chi connectivity index (χ3n) is 9.11. The average molecular weight is 549 g/mol. The zero-order chi connectivity index (χ0) is 28.1. The summed E-state index contributed by atoms with van der Waals surface area (Å²) in [6.45, 7) is 0. The Morgan fingerprint density at radius 1 is 0.326 bits per heavy atom. The Morgan fingerprint density at radius 3 is 1.70 bits per heavy atom. The molecule has 0 saturated carbocycles. The molecule has 0 atom stereocenters. The standard InChI is InChI=1S/C40H24N2O/c1-2-12-27-25(11-1)26(23-24-35(27)41-33-18-5-3-13-28(33)29-14-4-6-19-34(29)41)30-15-9-16-31-32-17-10-22-38-40(32)42(39(30)31)36-20-7-8-21-37(36)43-38/h1-24H. The first kappa shape index (κ1) is 22.8. The lowest BCUT2D eigenvalue weighted by atomic mass is 9.95. The van der Waals surface area contributed by atoms with Gasteiger partial charge >= 0.3 is 0 Å². The minimum Gasteiger partial charge on any atom is -0.453 e. The van der Waals surface area contributed by atoms with Crippen molar-refractivity contribution in [1.82, 2.24) is 9.13 Å². The summed E-state index contributed by atoms with van der Waals surface area (Å²) in [7, 11) is 0. The fourth-order valence-electron chi connectivity index (χ4n) is 7.37. The number of fused-ring (bicyclic) bond motifs is 9. The van der Waals surface area contributed by atoms with Gasteiger partial charge in [-0.25, -0.2) is 0 Å². The Kier molecular flexibility index (Phi) is 4.45. The molecule has 43 heavy (non-hydrogen) atoms. The highest BCUT2D eigenvalue weighted by molar-refractivity contribution is 6.18. The van der Waals surface area contributed by atoms with Crippen LogP contribution in [0.1, 0.15) is 0 Å². The maximum absolute atomic E-state index is 6.40. The minimum absolute atomic E-state index is 0.876. The Hall–Kier alpha value is -5.80. The lowest BCUT2D eigenvalue weighted by Gasteiger charge is -2.21. The maximum Gasteiger partial charge on any atom is 0.152 e. The highest BCUT2D eigenvalue weighted by atomic mass is 16.5. The zero-order valence-corrected chi connectivity index (χ0v) is 23.2. The fraction of sp³-hybridized carbons (Fsp3) is 0. The van der Waals surface area contributed by atoms with Gasteiger partial charge in [0, 0.05) is 32.5 Å². The summed E-state index contributed by atoms with van der Waals surface area (Å²) in [5.74, 6) is 1.77. The molecule has 0 bridgehead atoms. The van der Waals surface area contributed by atoms with E-state index in [0.29, 0.717) is 0 Å². The van der Waals surface area contributed by atoms with Crippen LogP contribution in [0.5, 0.6) is 11.5 Å². The van der Waals surface area contributed by atoms with Gasteiger partial charge in [-0.2, -0.15) is 0 Å². The van der Waals surface area contributed by atoms with Crippen LogP contribution in [0.15, 0.2) is 146 Å². The van der Waals surface area contributed by atoms with Crippen LogP contribution in [0.25, 0.3) is 76.9 Å². The van der Waals surface area contributed by atoms with E-state index in [9.17, 15) is 0 Å². The molecule has 0 amide bonds. The van der Waals surface area contributed by atoms with E-state index in [1.165, 1.54) is 65.7 Å². The maximum atomic E-state index is 6.40. The van der Waals surface area contributed by atoms with Crippen molar-refractivity contribution in [1.29, 1.82) is 0 Å². The van der Waals surface area contributed by atoms with Gasteiger partial charge in [0.2, 0.25) is 0 Å². The fourth-order valence-corrected chi connectivity index (χ4v) is 7.37. The number of aromatic nitrogens is 2. The number of benzene rings is 7. The first-order chi connectivity index (χ1) is 21.4. The van der Waals surface area contributed by atoms with Crippen molar-refractivity contribution in [2.24, 2.45) is 0 Å². The topological polar surface area (TPSA) is 19.1 Å². The van der Waals surface area contributed by atoms with Crippen molar-refractivity contribution >= 4 is 54.4 Å². The lowest BCUT2D eigenvalue weighted by molar-refractivity contribution is 0.476. The molecule has 0 unspecified atom stereocenters. The van der Waals surface area contributed by atoms with Crippen LogP contribution in [0.3, 0.4) is 0 Å². The number of rotatable bonds is 2. The Balaban J connectivity index is 1.32. The third-order valence-corrected chi connectivity index (χ3v) is 9.11. The van der Waals surface area contributed by atoms with E-state index in [0.717, 1.165) is 22.7 Å². The summed E-state index contributed by atoms with van der Waals surface area (Å²) in [5, 5.41) is 7.43. The van der Waals surface area contributed by atoms with Crippen LogP contribution in [-0.4, -0.2) is 9.13 Å². The summed E-state index contributed by atoms with van der Waals surface area (Å²) < 4.78 is 11.2. The highest BCUT2D eigenvalue weighted by Crippen LogP contribution is 2.48. The quantitative estimate of drug-likeness (QED) is 0.210. The Labute approximate surface area is 247 Å². The van der Waals surface area contributed by atoms with Gasteiger partial charge < -0.3 is 13.9 Å². The predicted octanol–water partition coefficient (Wildman–Crippen LogP) is 10.8. The number of hydrogen-bond donors (Lipinski definition) is 0. The molecule has 1 aliphatic heterocycles. The van der Waals surface area contributed by atoms with E-state index in [-0.39, 0.29) is 0 Å². The molecule has 1 aliphatic rings. The summed E-state index contributed by atoms with van der Waals surface area (Å²) in [5.41, 5.74) is 9.44. The van der Waals surface area contributed by atoms with E-state index in [1.807, 2.05) is 6.07 Å². The second-order valence-corrected chi connectivity index (χ2v) is 11.3. The monoisotopic (exact) mass is 548 g/mol. The minimum atomic E-state index is 0.876. The molecule has 0 radical (unpaired) electrons. The van der Waals surface area contributed by atoms with E-state index in [2.05, 4.69) is 149 Å². The molecule has 0 spiro atoms. The van der Waals surface area contributed by atoms with E-state index in [1.54, 1.807) is 0 Å². The molecule has 0 N–H and O–H groups in total. The van der Waals surface area contributed by atoms with Gasteiger partial charge in [0.25, 0.3) is 0 Å². The van der Waals surface area contributed by atoms with Crippen molar-refractivity contribution in [2.75, 3.05) is 0 Å². The lowest BCUT2D eigenvalue weighted by Crippen LogP contribution is -2.04. The highest BCUT2D eigenvalue weighted by Gasteiger charge is 2.25. The van der Waals surface area contributed by atoms with Gasteiger partial charge in [-0.15, -0.1) is 0 Å². The van der Waals surface area contributed by atoms with Gasteiger partial charge in [0.15, 0.2) is 11.5 Å². The van der Waals surface area contributed by atoms with Crippen molar-refractivity contribution in [3.63, 3.8) is 0 Å². The van der Waals surface area contributed by atoms with Crippen LogP contribution >= 0.6 is 0 Å². The van der Waals surface area contributed by atoms with Crippen LogP contribution in [0.4, 0.5) is 0 Å². The van der Waals surface area contributed by atoms with Crippen LogP contribution < -0.4 is 4.74 Å². The van der Waals surface area contributed by atoms with Gasteiger partial charge in [-0.1, -0.05) is 109 Å². The summed E-state index contributed by atoms with van der Waals surface area (Å²) in [6, 6.07) is 52.3. The zero-order valence-electron chi connectivity index (χ0n) is 23.2. The van der Waals surface area contributed by atoms with Gasteiger partial charge in [0.1, 0.15) is 0 Å². The van der Waals surface area contributed by atoms with E-state index >= 15 is 0 Å². The van der Waals surface area contributed by atoms with Crippen LogP contribution in [0.2, 0.25) is 0 Å². The number of nitrogens with zero attached hydrogens (tertiary/aromatic N) is 2. The molecule has 10 rings (SSSR count). The summed E-state index contributed by atoms with van der Waals surface area (Å²) >= 11 is 0. The normalized spacial score (nSPS) is 12.4. The number of hydrogen-bond acceptors (Lipinski definition) is 1. The summed E-state index contributed by atoms with van der Waals surface area (Å²) in [4.78, 5) is 0. The van der Waals surface area contributed by atoms with Crippen LogP contribution in [0, 0.1) is 0 Å². The molecule has 9 aromatic rings. The molecular formula is C40H24N2O. The van der Waals surface area contributed by atoms with Crippen molar-refractivity contribution in [3.05, 3.63) is 146 Å². The predicted molar refractivity (Wildman–Crippen MR) is 178 cm³/mol. The third kappa shape index (κ3) is 2.98. The van der Waals surface area contributed by atoms with Crippen molar-refractivity contribution in [3.8, 4) is 34.0 Å². The Bertz CT molecular complexity index is 2550. The molecule has 200 valence electrons. The second kappa shape index (κ2) is 8.37.